The molecule has 1 aliphatic heterocycles. The number of carbonyl (C=O) groups is 4. The van der Waals surface area contributed by atoms with Crippen molar-refractivity contribution >= 4 is 23.9 Å². The Kier molecular flexibility index (Phi) is 12.6. The van der Waals surface area contributed by atoms with Crippen LogP contribution in [0.3, 0.4) is 0 Å². The molecule has 5 atom stereocenters. The van der Waals surface area contributed by atoms with Crippen LogP contribution in [0.1, 0.15) is 78.2 Å². The van der Waals surface area contributed by atoms with Gasteiger partial charge < -0.3 is 29.7 Å². The summed E-state index contributed by atoms with van der Waals surface area (Å²) in [5, 5.41) is 5.65. The van der Waals surface area contributed by atoms with Crippen LogP contribution in [0.15, 0.2) is 55.6 Å². The molecule has 3 unspecified atom stereocenters. The lowest BCUT2D eigenvalue weighted by Crippen LogP contribution is -2.56. The zero-order chi connectivity index (χ0) is 32.3. The van der Waals surface area contributed by atoms with Crippen LogP contribution in [0.4, 0.5) is 4.79 Å². The average molecular weight is 612 g/mol. The summed E-state index contributed by atoms with van der Waals surface area (Å²) in [6, 6.07) is 7.83. The zero-order valence-corrected chi connectivity index (χ0v) is 26.6. The first-order valence-electron chi connectivity index (χ1n) is 15.6. The van der Waals surface area contributed by atoms with E-state index in [0.29, 0.717) is 25.9 Å². The number of esters is 1. The lowest BCUT2D eigenvalue weighted by atomic mass is 10.0. The molecule has 2 N–H and O–H groups in total. The number of likely N-dealkylation sites (tertiary alicyclic amines) is 1. The van der Waals surface area contributed by atoms with Gasteiger partial charge in [0.05, 0.1) is 19.3 Å². The highest BCUT2D eigenvalue weighted by Gasteiger charge is 2.62. The van der Waals surface area contributed by atoms with E-state index < -0.39 is 53.2 Å². The number of hydrogen-bond donors (Lipinski definition) is 2. The molecule has 1 aromatic carbocycles. The number of nitrogens with zero attached hydrogens (tertiary/aromatic N) is 1. The summed E-state index contributed by atoms with van der Waals surface area (Å²) >= 11 is 0. The molecule has 1 aromatic rings. The second-order valence-corrected chi connectivity index (χ2v) is 12.5. The number of carbonyl (C=O) groups excluding carboxylic acids is 4. The molecule has 1 saturated carbocycles. The van der Waals surface area contributed by atoms with Gasteiger partial charge in [-0.15, -0.1) is 13.2 Å². The lowest BCUT2D eigenvalue weighted by molar-refractivity contribution is -0.150. The maximum Gasteiger partial charge on any atom is 0.408 e. The second kappa shape index (κ2) is 15.9. The number of allylic oxidation sites excluding steroid dienone is 1. The molecule has 1 heterocycles. The number of unbranched alkanes of at least 4 members (excludes halogenated alkanes) is 3. The average Bonchev–Trinajstić information content (AvgIpc) is 3.52. The predicted molar refractivity (Wildman–Crippen MR) is 167 cm³/mol. The van der Waals surface area contributed by atoms with Crippen molar-refractivity contribution in [2.75, 3.05) is 13.2 Å². The number of nitrogens with one attached hydrogen (secondary N) is 2. The van der Waals surface area contributed by atoms with Gasteiger partial charge in [-0.1, -0.05) is 55.3 Å². The molecule has 1 aliphatic carbocycles. The minimum atomic E-state index is -1.20. The molecule has 10 heteroatoms. The highest BCUT2D eigenvalue weighted by atomic mass is 16.6. The van der Waals surface area contributed by atoms with Crippen molar-refractivity contribution in [3.8, 4) is 0 Å². The Bertz CT molecular complexity index is 1170. The van der Waals surface area contributed by atoms with Crippen LogP contribution in [0.25, 0.3) is 0 Å². The predicted octanol–water partition coefficient (Wildman–Crippen LogP) is 4.83. The Hall–Kier alpha value is -3.66. The Balaban J connectivity index is 1.83. The van der Waals surface area contributed by atoms with E-state index in [9.17, 15) is 19.2 Å². The van der Waals surface area contributed by atoms with E-state index in [0.717, 1.165) is 24.8 Å². The highest BCUT2D eigenvalue weighted by molar-refractivity contribution is 5.96. The highest BCUT2D eigenvalue weighted by Crippen LogP contribution is 2.45. The quantitative estimate of drug-likeness (QED) is 0.156. The molecule has 3 rings (SSSR count). The standard InChI is InChI=1S/C34H49N3O7/c1-7-10-11-12-16-19-27(35-32(41)44-33(4,5)6)30(39)37-22-26(43-23-24-17-14-13-15-18-24)20-28(37)29(38)36-34(21-25(34)8-2)31(40)42-9-3/h7-8,13-15,17-18,25-28H,1-2,9-12,16,19-23H2,3-6H3,(H,35,41)(H,36,38)/t25?,26-,27+,28?,34?/m1/s1. The van der Waals surface area contributed by atoms with Crippen LogP contribution in [0, 0.1) is 5.92 Å². The molecule has 1 saturated heterocycles. The van der Waals surface area contributed by atoms with Gasteiger partial charge in [0.25, 0.3) is 0 Å². The maximum atomic E-state index is 14.1. The van der Waals surface area contributed by atoms with Crippen molar-refractivity contribution in [3.63, 3.8) is 0 Å². The zero-order valence-electron chi connectivity index (χ0n) is 26.6. The van der Waals surface area contributed by atoms with E-state index in [1.807, 2.05) is 36.4 Å². The van der Waals surface area contributed by atoms with Gasteiger partial charge in [0.2, 0.25) is 11.8 Å². The summed E-state index contributed by atoms with van der Waals surface area (Å²) in [5.41, 5.74) is -0.983. The number of benzene rings is 1. The molecule has 2 fully saturated rings. The van der Waals surface area contributed by atoms with E-state index in [1.165, 1.54) is 4.90 Å². The first-order valence-corrected chi connectivity index (χ1v) is 15.6. The van der Waals surface area contributed by atoms with E-state index in [-0.39, 0.29) is 25.5 Å². The second-order valence-electron chi connectivity index (χ2n) is 12.5. The van der Waals surface area contributed by atoms with Gasteiger partial charge in [-0.05, 0) is 58.9 Å². The summed E-state index contributed by atoms with van der Waals surface area (Å²) in [7, 11) is 0. The molecule has 44 heavy (non-hydrogen) atoms. The van der Waals surface area contributed by atoms with Crippen LogP contribution in [-0.2, 0) is 35.2 Å². The number of hydrogen-bond acceptors (Lipinski definition) is 7. The third-order valence-corrected chi connectivity index (χ3v) is 7.85. The van der Waals surface area contributed by atoms with Gasteiger partial charge in [0, 0.05) is 18.9 Å². The van der Waals surface area contributed by atoms with Crippen molar-refractivity contribution in [3.05, 3.63) is 61.2 Å². The van der Waals surface area contributed by atoms with Gasteiger partial charge >= 0.3 is 12.1 Å². The van der Waals surface area contributed by atoms with Crippen LogP contribution in [-0.4, -0.2) is 71.3 Å². The van der Waals surface area contributed by atoms with Crippen molar-refractivity contribution in [2.24, 2.45) is 5.92 Å². The number of alkyl carbamates (subject to hydrolysis) is 1. The fourth-order valence-corrected chi connectivity index (χ4v) is 5.48. The van der Waals surface area contributed by atoms with Gasteiger partial charge in [-0.2, -0.15) is 0 Å². The lowest BCUT2D eigenvalue weighted by Gasteiger charge is -2.30. The molecule has 0 bridgehead atoms. The SMILES string of the molecule is C=CCCCCC[C@H](NC(=O)OC(C)(C)C)C(=O)N1C[C@H](OCc2ccccc2)CC1C(=O)NC1(C(=O)OCC)CC1C=C. The van der Waals surface area contributed by atoms with Gasteiger partial charge in [0.15, 0.2) is 0 Å². The third kappa shape index (κ3) is 9.67. The number of rotatable bonds is 16. The smallest absolute Gasteiger partial charge is 0.408 e. The first-order chi connectivity index (χ1) is 20.9. The summed E-state index contributed by atoms with van der Waals surface area (Å²) < 4.78 is 16.9. The number of amides is 3. The fourth-order valence-electron chi connectivity index (χ4n) is 5.48. The molecular formula is C34H49N3O7. The monoisotopic (exact) mass is 611 g/mol. The minimum Gasteiger partial charge on any atom is -0.464 e. The topological polar surface area (TPSA) is 123 Å². The summed E-state index contributed by atoms with van der Waals surface area (Å²) in [6.45, 7) is 15.2. The third-order valence-electron chi connectivity index (χ3n) is 7.85. The summed E-state index contributed by atoms with van der Waals surface area (Å²) in [5.74, 6) is -1.65. The van der Waals surface area contributed by atoms with Crippen LogP contribution >= 0.6 is 0 Å². The van der Waals surface area contributed by atoms with E-state index in [1.54, 1.807) is 33.8 Å². The van der Waals surface area contributed by atoms with E-state index in [2.05, 4.69) is 23.8 Å². The maximum absolute atomic E-state index is 14.1. The first kappa shape index (κ1) is 34.8. The largest absolute Gasteiger partial charge is 0.464 e. The molecule has 0 spiro atoms. The van der Waals surface area contributed by atoms with Gasteiger partial charge in [0.1, 0.15) is 23.2 Å². The van der Waals surface area contributed by atoms with E-state index >= 15 is 0 Å². The molecule has 3 amide bonds. The van der Waals surface area contributed by atoms with Crippen molar-refractivity contribution in [1.29, 1.82) is 0 Å². The normalized spacial score (nSPS) is 23.3. The molecule has 0 aromatic heterocycles. The Labute approximate surface area is 261 Å². The van der Waals surface area contributed by atoms with Crippen molar-refractivity contribution < 1.29 is 33.4 Å². The summed E-state index contributed by atoms with van der Waals surface area (Å²) in [4.78, 5) is 55.1. The molecule has 0 radical (unpaired) electrons. The Morgan fingerprint density at radius 3 is 2.45 bits per heavy atom. The fraction of sp³-hybridized carbons (Fsp3) is 0.588. The van der Waals surface area contributed by atoms with Gasteiger partial charge in [-0.3, -0.25) is 9.59 Å². The number of ether oxygens (including phenoxy) is 3. The molecular weight excluding hydrogens is 562 g/mol. The molecule has 2 aliphatic rings. The Morgan fingerprint density at radius 1 is 1.11 bits per heavy atom. The molecule has 242 valence electrons. The van der Waals surface area contributed by atoms with Gasteiger partial charge in [-0.25, -0.2) is 9.59 Å². The van der Waals surface area contributed by atoms with E-state index in [4.69, 9.17) is 14.2 Å². The Morgan fingerprint density at radius 2 is 1.84 bits per heavy atom. The van der Waals surface area contributed by atoms with Crippen LogP contribution in [0.5, 0.6) is 0 Å². The van der Waals surface area contributed by atoms with Crippen molar-refractivity contribution in [1.82, 2.24) is 15.5 Å². The minimum absolute atomic E-state index is 0.157. The van der Waals surface area contributed by atoms with Crippen LogP contribution < -0.4 is 10.6 Å². The van der Waals surface area contributed by atoms with Crippen molar-refractivity contribution in [2.45, 2.75) is 109 Å². The summed E-state index contributed by atoms with van der Waals surface area (Å²) in [6.07, 6.45) is 6.66. The van der Waals surface area contributed by atoms with Crippen LogP contribution in [0.2, 0.25) is 0 Å². The molecule has 10 nitrogen and oxygen atoms in total.